The standard InChI is InChI=1S/C22H25N5O/c1-3-5-18(4-2)26-21-14-16(8-11-25-21)20-13-17(22(23)28)12-19(27-20)15-6-9-24-10-7-15/h6-14,18H,3-5H2,1-2H3,(H2,23,28)(H,25,26). The lowest BCUT2D eigenvalue weighted by molar-refractivity contribution is 0.100. The highest BCUT2D eigenvalue weighted by Crippen LogP contribution is 2.26. The molecule has 6 heteroatoms. The third-order valence-corrected chi connectivity index (χ3v) is 4.62. The van der Waals surface area contributed by atoms with Gasteiger partial charge in [0.2, 0.25) is 5.91 Å². The molecule has 6 nitrogen and oxygen atoms in total. The van der Waals surface area contributed by atoms with Crippen molar-refractivity contribution < 1.29 is 4.79 Å². The zero-order valence-corrected chi connectivity index (χ0v) is 16.2. The maximum absolute atomic E-state index is 11.8. The molecule has 28 heavy (non-hydrogen) atoms. The summed E-state index contributed by atoms with van der Waals surface area (Å²) in [7, 11) is 0. The Kier molecular flexibility index (Phi) is 6.32. The zero-order chi connectivity index (χ0) is 19.9. The van der Waals surface area contributed by atoms with Crippen LogP contribution in [0.4, 0.5) is 5.82 Å². The fraction of sp³-hybridized carbons (Fsp3) is 0.273. The predicted octanol–water partition coefficient (Wildman–Crippen LogP) is 4.30. The first kappa shape index (κ1) is 19.5. The summed E-state index contributed by atoms with van der Waals surface area (Å²) < 4.78 is 0. The highest BCUT2D eigenvalue weighted by Gasteiger charge is 2.12. The SMILES string of the molecule is CCCC(CC)Nc1cc(-c2cc(C(N)=O)cc(-c3ccncc3)n2)ccn1. The molecule has 0 aliphatic heterocycles. The van der Waals surface area contributed by atoms with Gasteiger partial charge in [-0.15, -0.1) is 0 Å². The molecule has 3 aromatic heterocycles. The minimum Gasteiger partial charge on any atom is -0.367 e. The molecule has 1 amide bonds. The van der Waals surface area contributed by atoms with Crippen LogP contribution in [-0.2, 0) is 0 Å². The van der Waals surface area contributed by atoms with Crippen molar-refractivity contribution in [2.24, 2.45) is 5.73 Å². The summed E-state index contributed by atoms with van der Waals surface area (Å²) in [5, 5.41) is 3.48. The van der Waals surface area contributed by atoms with Crippen molar-refractivity contribution in [1.29, 1.82) is 0 Å². The summed E-state index contributed by atoms with van der Waals surface area (Å²) in [6.45, 7) is 4.34. The lowest BCUT2D eigenvalue weighted by Crippen LogP contribution is -2.18. The van der Waals surface area contributed by atoms with E-state index in [1.807, 2.05) is 24.3 Å². The fourth-order valence-corrected chi connectivity index (χ4v) is 3.10. The fourth-order valence-electron chi connectivity index (χ4n) is 3.10. The van der Waals surface area contributed by atoms with E-state index >= 15 is 0 Å². The van der Waals surface area contributed by atoms with E-state index in [0.717, 1.165) is 36.2 Å². The van der Waals surface area contributed by atoms with Gasteiger partial charge in [-0.05, 0) is 49.2 Å². The highest BCUT2D eigenvalue weighted by molar-refractivity contribution is 5.95. The molecular weight excluding hydrogens is 350 g/mol. The largest absolute Gasteiger partial charge is 0.367 e. The molecular formula is C22H25N5O. The smallest absolute Gasteiger partial charge is 0.248 e. The van der Waals surface area contributed by atoms with Crippen LogP contribution in [0.3, 0.4) is 0 Å². The van der Waals surface area contributed by atoms with Gasteiger partial charge < -0.3 is 11.1 Å². The van der Waals surface area contributed by atoms with Crippen LogP contribution in [0.5, 0.6) is 0 Å². The molecule has 0 saturated carbocycles. The van der Waals surface area contributed by atoms with E-state index in [1.165, 1.54) is 0 Å². The molecule has 0 saturated heterocycles. The molecule has 3 rings (SSSR count). The first-order valence-corrected chi connectivity index (χ1v) is 9.56. The Morgan fingerprint density at radius 2 is 1.71 bits per heavy atom. The molecule has 3 aromatic rings. The van der Waals surface area contributed by atoms with Gasteiger partial charge in [0.25, 0.3) is 0 Å². The number of rotatable bonds is 8. The van der Waals surface area contributed by atoms with Crippen molar-refractivity contribution in [3.63, 3.8) is 0 Å². The second-order valence-corrected chi connectivity index (χ2v) is 6.69. The number of nitrogens with two attached hydrogens (primary N) is 1. The van der Waals surface area contributed by atoms with Crippen molar-refractivity contribution >= 4 is 11.7 Å². The van der Waals surface area contributed by atoms with E-state index < -0.39 is 5.91 Å². The van der Waals surface area contributed by atoms with Crippen LogP contribution in [0.1, 0.15) is 43.5 Å². The number of nitrogens with zero attached hydrogens (tertiary/aromatic N) is 3. The Bertz CT molecular complexity index is 943. The highest BCUT2D eigenvalue weighted by atomic mass is 16.1. The predicted molar refractivity (Wildman–Crippen MR) is 112 cm³/mol. The molecule has 1 unspecified atom stereocenters. The van der Waals surface area contributed by atoms with Crippen LogP contribution in [0.2, 0.25) is 0 Å². The van der Waals surface area contributed by atoms with Gasteiger partial charge in [0.1, 0.15) is 5.82 Å². The monoisotopic (exact) mass is 375 g/mol. The number of aromatic nitrogens is 3. The Balaban J connectivity index is 2.00. The Morgan fingerprint density at radius 1 is 1.04 bits per heavy atom. The van der Waals surface area contributed by atoms with E-state index in [9.17, 15) is 4.79 Å². The summed E-state index contributed by atoms with van der Waals surface area (Å²) in [6, 6.07) is 11.4. The molecule has 0 bridgehead atoms. The number of carbonyl (C=O) groups excluding carboxylic acids is 1. The van der Waals surface area contributed by atoms with E-state index in [-0.39, 0.29) is 0 Å². The molecule has 0 aliphatic carbocycles. The van der Waals surface area contributed by atoms with Crippen molar-refractivity contribution in [1.82, 2.24) is 15.0 Å². The number of pyridine rings is 3. The van der Waals surface area contributed by atoms with Crippen LogP contribution < -0.4 is 11.1 Å². The van der Waals surface area contributed by atoms with Crippen LogP contribution in [0.25, 0.3) is 22.5 Å². The van der Waals surface area contributed by atoms with Crippen molar-refractivity contribution in [2.45, 2.75) is 39.2 Å². The van der Waals surface area contributed by atoms with Gasteiger partial charge in [-0.3, -0.25) is 9.78 Å². The van der Waals surface area contributed by atoms with Crippen molar-refractivity contribution in [3.05, 3.63) is 60.6 Å². The number of carbonyl (C=O) groups is 1. The van der Waals surface area contributed by atoms with Gasteiger partial charge in [-0.25, -0.2) is 9.97 Å². The van der Waals surface area contributed by atoms with Gasteiger partial charge >= 0.3 is 0 Å². The second-order valence-electron chi connectivity index (χ2n) is 6.69. The molecule has 0 fully saturated rings. The summed E-state index contributed by atoms with van der Waals surface area (Å²) >= 11 is 0. The minimum absolute atomic E-state index is 0.380. The van der Waals surface area contributed by atoms with Crippen LogP contribution >= 0.6 is 0 Å². The van der Waals surface area contributed by atoms with Crippen LogP contribution in [-0.4, -0.2) is 26.9 Å². The Morgan fingerprint density at radius 3 is 2.36 bits per heavy atom. The molecule has 0 spiro atoms. The third-order valence-electron chi connectivity index (χ3n) is 4.62. The molecule has 1 atom stereocenters. The summed E-state index contributed by atoms with van der Waals surface area (Å²) in [5.74, 6) is 0.315. The van der Waals surface area contributed by atoms with Crippen LogP contribution in [0, 0.1) is 0 Å². The van der Waals surface area contributed by atoms with Crippen LogP contribution in [0.15, 0.2) is 55.0 Å². The van der Waals surface area contributed by atoms with Crippen molar-refractivity contribution in [3.8, 4) is 22.5 Å². The summed E-state index contributed by atoms with van der Waals surface area (Å²) in [6.07, 6.45) is 8.37. The number of hydrogen-bond donors (Lipinski definition) is 2. The number of amides is 1. The second kappa shape index (κ2) is 9.08. The zero-order valence-electron chi connectivity index (χ0n) is 16.2. The molecule has 0 aromatic carbocycles. The molecule has 0 aliphatic rings. The Labute approximate surface area is 165 Å². The van der Waals surface area contributed by atoms with Crippen molar-refractivity contribution in [2.75, 3.05) is 5.32 Å². The average molecular weight is 375 g/mol. The van der Waals surface area contributed by atoms with Gasteiger partial charge in [-0.2, -0.15) is 0 Å². The maximum Gasteiger partial charge on any atom is 0.248 e. The first-order chi connectivity index (χ1) is 13.6. The van der Waals surface area contributed by atoms with E-state index in [2.05, 4.69) is 29.1 Å². The first-order valence-electron chi connectivity index (χ1n) is 9.56. The van der Waals surface area contributed by atoms with Gasteiger partial charge in [-0.1, -0.05) is 20.3 Å². The van der Waals surface area contributed by atoms with E-state index in [4.69, 9.17) is 10.7 Å². The van der Waals surface area contributed by atoms with E-state index in [1.54, 1.807) is 30.7 Å². The van der Waals surface area contributed by atoms with Gasteiger partial charge in [0, 0.05) is 41.3 Å². The lowest BCUT2D eigenvalue weighted by atomic mass is 10.1. The number of primary amides is 1. The average Bonchev–Trinajstić information content (AvgIpc) is 2.74. The molecule has 3 N–H and O–H groups in total. The summed E-state index contributed by atoms with van der Waals surface area (Å²) in [5.41, 5.74) is 9.08. The Hall–Kier alpha value is -3.28. The topological polar surface area (TPSA) is 93.8 Å². The molecule has 0 radical (unpaired) electrons. The molecule has 144 valence electrons. The van der Waals surface area contributed by atoms with Gasteiger partial charge in [0.05, 0.1) is 11.4 Å². The quantitative estimate of drug-likeness (QED) is 0.612. The number of nitrogens with one attached hydrogen (secondary N) is 1. The van der Waals surface area contributed by atoms with Gasteiger partial charge in [0.15, 0.2) is 0 Å². The maximum atomic E-state index is 11.8. The lowest BCUT2D eigenvalue weighted by Gasteiger charge is -2.17. The number of hydrogen-bond acceptors (Lipinski definition) is 5. The minimum atomic E-state index is -0.486. The third kappa shape index (κ3) is 4.71. The van der Waals surface area contributed by atoms with E-state index in [0.29, 0.717) is 23.0 Å². The summed E-state index contributed by atoms with van der Waals surface area (Å²) in [4.78, 5) is 25.1. The normalized spacial score (nSPS) is 11.8. The molecule has 3 heterocycles. The number of anilines is 1.